The number of hydrogen-bond acceptors (Lipinski definition) is 8. The van der Waals surface area contributed by atoms with Crippen molar-refractivity contribution in [1.82, 2.24) is 24.9 Å². The van der Waals surface area contributed by atoms with Crippen LogP contribution in [-0.4, -0.2) is 102 Å². The van der Waals surface area contributed by atoms with Crippen LogP contribution in [0.15, 0.2) is 60.5 Å². The number of methoxy groups -OCH3 is 1. The maximum atomic E-state index is 14.0. The smallest absolute Gasteiger partial charge is 0.431 e. The fraction of sp³-hybridized carbons (Fsp3) is 0.500. The van der Waals surface area contributed by atoms with Crippen molar-refractivity contribution in [3.63, 3.8) is 0 Å². The molecule has 1 aromatic heterocycles. The summed E-state index contributed by atoms with van der Waals surface area (Å²) in [4.78, 5) is 44.7. The number of nitrogens with one attached hydrogen (secondary N) is 1. The SMILES string of the molecule is COc1ccc(C(=O)N2CCC(CCN3CCC(n4cc5cc(N6CC=CC=C6C(F)(F)F)c(C(C)(C)O)cc5n4)CC3)CC2)cc1N1CCC(=O)NC1=O. The Bertz CT molecular complexity index is 2000. The molecular weight excluding hydrogens is 715 g/mol. The topological polar surface area (TPSA) is 123 Å². The number of fused-ring (bicyclic) bond motifs is 1. The van der Waals surface area contributed by atoms with E-state index in [1.807, 2.05) is 15.8 Å². The predicted molar refractivity (Wildman–Crippen MR) is 202 cm³/mol. The molecule has 2 aromatic carbocycles. The minimum atomic E-state index is -4.55. The molecule has 55 heavy (non-hydrogen) atoms. The fourth-order valence-corrected chi connectivity index (χ4v) is 8.18. The molecule has 0 radical (unpaired) electrons. The minimum Gasteiger partial charge on any atom is -0.495 e. The number of alkyl halides is 3. The van der Waals surface area contributed by atoms with Crippen LogP contribution in [0.25, 0.3) is 10.9 Å². The molecule has 2 N–H and O–H groups in total. The standard InChI is InChI=1S/C40H48F3N7O5/c1-39(2,54)30-24-31-28(23-32(30)48-15-5-4-6-35(48)40(41,42)43)25-50(45-31)29-12-17-46(18-13-29)16-9-26-10-19-47(20-11-26)37(52)27-7-8-34(55-3)33(22-27)49-21-14-36(51)44-38(49)53/h4-8,22-26,29,54H,9-21H2,1-3H3,(H,44,51,53). The second-order valence-corrected chi connectivity index (χ2v) is 15.4. The number of aliphatic hydroxyl groups is 1. The van der Waals surface area contributed by atoms with E-state index in [0.717, 1.165) is 63.2 Å². The number of ether oxygens (including phenoxy) is 1. The molecule has 0 atom stereocenters. The van der Waals surface area contributed by atoms with Gasteiger partial charge in [-0.25, -0.2) is 4.79 Å². The molecule has 7 rings (SSSR count). The van der Waals surface area contributed by atoms with Gasteiger partial charge in [0.15, 0.2) is 0 Å². The fourth-order valence-electron chi connectivity index (χ4n) is 8.18. The summed E-state index contributed by atoms with van der Waals surface area (Å²) in [7, 11) is 1.50. The van der Waals surface area contributed by atoms with E-state index in [1.54, 1.807) is 50.3 Å². The number of benzene rings is 2. The van der Waals surface area contributed by atoms with E-state index >= 15 is 0 Å². The molecule has 0 spiro atoms. The minimum absolute atomic E-state index is 0.0427. The van der Waals surface area contributed by atoms with Crippen LogP contribution in [-0.2, 0) is 10.4 Å². The Morgan fingerprint density at radius 2 is 1.73 bits per heavy atom. The van der Waals surface area contributed by atoms with Crippen molar-refractivity contribution < 1.29 is 37.4 Å². The number of aromatic nitrogens is 2. The zero-order chi connectivity index (χ0) is 39.1. The van der Waals surface area contributed by atoms with Gasteiger partial charge in [0.25, 0.3) is 5.91 Å². The summed E-state index contributed by atoms with van der Waals surface area (Å²) < 4.78 is 49.4. The highest BCUT2D eigenvalue weighted by Crippen LogP contribution is 2.41. The second kappa shape index (κ2) is 15.3. The second-order valence-electron chi connectivity index (χ2n) is 15.4. The number of halogens is 3. The molecular formula is C40H48F3N7O5. The Balaban J connectivity index is 0.925. The third-order valence-electron chi connectivity index (χ3n) is 11.3. The molecule has 0 saturated carbocycles. The summed E-state index contributed by atoms with van der Waals surface area (Å²) in [5.74, 6) is 0.526. The van der Waals surface area contributed by atoms with Gasteiger partial charge in [-0.3, -0.25) is 24.5 Å². The van der Waals surface area contributed by atoms with Crippen LogP contribution >= 0.6 is 0 Å². The molecule has 5 heterocycles. The molecule has 3 aromatic rings. The van der Waals surface area contributed by atoms with Crippen molar-refractivity contribution >= 4 is 40.1 Å². The molecule has 12 nitrogen and oxygen atoms in total. The zero-order valence-corrected chi connectivity index (χ0v) is 31.4. The molecule has 3 saturated heterocycles. The number of anilines is 2. The van der Waals surface area contributed by atoms with Gasteiger partial charge in [0.05, 0.1) is 30.0 Å². The molecule has 0 unspecified atom stereocenters. The van der Waals surface area contributed by atoms with Gasteiger partial charge in [-0.2, -0.15) is 18.3 Å². The lowest BCUT2D eigenvalue weighted by molar-refractivity contribution is -0.120. The van der Waals surface area contributed by atoms with Crippen LogP contribution < -0.4 is 19.9 Å². The monoisotopic (exact) mass is 763 g/mol. The third kappa shape index (κ3) is 8.23. The predicted octanol–water partition coefficient (Wildman–Crippen LogP) is 6.12. The van der Waals surface area contributed by atoms with E-state index in [4.69, 9.17) is 9.84 Å². The van der Waals surface area contributed by atoms with E-state index in [9.17, 15) is 32.7 Å². The highest BCUT2D eigenvalue weighted by atomic mass is 19.4. The number of carbonyl (C=O) groups excluding carboxylic acids is 3. The van der Waals surface area contributed by atoms with Gasteiger partial charge in [0.1, 0.15) is 11.4 Å². The maximum absolute atomic E-state index is 14.0. The number of imide groups is 1. The first kappa shape index (κ1) is 38.4. The Hall–Kier alpha value is -4.89. The maximum Gasteiger partial charge on any atom is 0.431 e. The lowest BCUT2D eigenvalue weighted by atomic mass is 9.92. The number of amides is 4. The van der Waals surface area contributed by atoms with Crippen LogP contribution in [0.2, 0.25) is 0 Å². The molecule has 0 bridgehead atoms. The molecule has 3 fully saturated rings. The van der Waals surface area contributed by atoms with Crippen LogP contribution in [0.5, 0.6) is 5.75 Å². The van der Waals surface area contributed by atoms with Crippen LogP contribution in [0.3, 0.4) is 0 Å². The van der Waals surface area contributed by atoms with Gasteiger partial charge in [-0.15, -0.1) is 0 Å². The van der Waals surface area contributed by atoms with Gasteiger partial charge < -0.3 is 24.5 Å². The van der Waals surface area contributed by atoms with Crippen molar-refractivity contribution in [2.75, 3.05) is 62.7 Å². The van der Waals surface area contributed by atoms with Crippen LogP contribution in [0, 0.1) is 5.92 Å². The third-order valence-corrected chi connectivity index (χ3v) is 11.3. The molecule has 4 aliphatic rings. The summed E-state index contributed by atoms with van der Waals surface area (Å²) in [6.45, 7) is 7.48. The van der Waals surface area contributed by atoms with E-state index in [-0.39, 0.29) is 37.4 Å². The van der Waals surface area contributed by atoms with Gasteiger partial charge in [-0.05, 0) is 94.8 Å². The summed E-state index contributed by atoms with van der Waals surface area (Å²) >= 11 is 0. The van der Waals surface area contributed by atoms with Gasteiger partial charge >= 0.3 is 12.2 Å². The average molecular weight is 764 g/mol. The van der Waals surface area contributed by atoms with Crippen molar-refractivity contribution in [2.24, 2.45) is 5.92 Å². The number of allylic oxidation sites excluding steroid dienone is 3. The number of piperidine rings is 2. The molecule has 294 valence electrons. The first-order chi connectivity index (χ1) is 26.2. The molecule has 0 aliphatic carbocycles. The van der Waals surface area contributed by atoms with Crippen molar-refractivity contribution in [3.8, 4) is 5.75 Å². The molecule has 4 amide bonds. The summed E-state index contributed by atoms with van der Waals surface area (Å²) in [6.07, 6.45) is 6.31. The normalized spacial score (nSPS) is 19.6. The van der Waals surface area contributed by atoms with Crippen molar-refractivity contribution in [3.05, 3.63) is 71.6 Å². The lowest BCUT2D eigenvalue weighted by Gasteiger charge is -2.35. The number of nitrogens with zero attached hydrogens (tertiary/aromatic N) is 6. The number of hydrogen-bond donors (Lipinski definition) is 2. The summed E-state index contributed by atoms with van der Waals surface area (Å²) in [5.41, 5.74) is 0.107. The number of urea groups is 1. The Kier molecular flexibility index (Phi) is 10.7. The Labute approximate surface area is 318 Å². The average Bonchev–Trinajstić information content (AvgIpc) is 3.59. The lowest BCUT2D eigenvalue weighted by Crippen LogP contribution is -2.49. The van der Waals surface area contributed by atoms with E-state index in [2.05, 4.69) is 10.2 Å². The van der Waals surface area contributed by atoms with E-state index in [0.29, 0.717) is 52.8 Å². The van der Waals surface area contributed by atoms with Crippen LogP contribution in [0.4, 0.5) is 29.3 Å². The Morgan fingerprint density at radius 3 is 2.40 bits per heavy atom. The van der Waals surface area contributed by atoms with Crippen molar-refractivity contribution in [1.29, 1.82) is 0 Å². The number of carbonyl (C=O) groups is 3. The summed E-state index contributed by atoms with van der Waals surface area (Å²) in [5, 5.41) is 18.9. The van der Waals surface area contributed by atoms with E-state index < -0.39 is 23.5 Å². The molecule has 4 aliphatic heterocycles. The number of likely N-dealkylation sites (tertiary alicyclic amines) is 2. The number of rotatable bonds is 9. The van der Waals surface area contributed by atoms with Crippen LogP contribution in [0.1, 0.15) is 74.3 Å². The highest BCUT2D eigenvalue weighted by Gasteiger charge is 2.40. The highest BCUT2D eigenvalue weighted by molar-refractivity contribution is 6.07. The largest absolute Gasteiger partial charge is 0.495 e. The van der Waals surface area contributed by atoms with E-state index in [1.165, 1.54) is 23.0 Å². The summed E-state index contributed by atoms with van der Waals surface area (Å²) in [6, 6.07) is 8.11. The Morgan fingerprint density at radius 1 is 0.982 bits per heavy atom. The zero-order valence-electron chi connectivity index (χ0n) is 31.4. The first-order valence-corrected chi connectivity index (χ1v) is 19.0. The van der Waals surface area contributed by atoms with Gasteiger partial charge in [0.2, 0.25) is 5.91 Å². The van der Waals surface area contributed by atoms with Gasteiger partial charge in [-0.1, -0.05) is 12.2 Å². The van der Waals surface area contributed by atoms with Crippen molar-refractivity contribution in [2.45, 2.75) is 70.2 Å². The molecule has 15 heteroatoms. The first-order valence-electron chi connectivity index (χ1n) is 19.0. The quantitative estimate of drug-likeness (QED) is 0.268. The van der Waals surface area contributed by atoms with Gasteiger partial charge in [0, 0.05) is 74.1 Å².